The van der Waals surface area contributed by atoms with E-state index >= 15 is 0 Å². The van der Waals surface area contributed by atoms with Gasteiger partial charge in [-0.05, 0) is 25.1 Å². The third-order valence-electron chi connectivity index (χ3n) is 2.00. The Hall–Kier alpha value is -1.43. The van der Waals surface area contributed by atoms with E-state index in [0.717, 1.165) is 6.07 Å². The van der Waals surface area contributed by atoms with Crippen molar-refractivity contribution in [2.45, 2.75) is 13.1 Å². The molecule has 0 aliphatic heterocycles. The van der Waals surface area contributed by atoms with Crippen molar-refractivity contribution in [1.29, 1.82) is 0 Å². The van der Waals surface area contributed by atoms with E-state index in [-0.39, 0.29) is 24.7 Å². The molecule has 1 aromatic rings. The maximum atomic E-state index is 12.6. The van der Waals surface area contributed by atoms with Crippen LogP contribution < -0.4 is 10.5 Å². The summed E-state index contributed by atoms with van der Waals surface area (Å²) >= 11 is 0. The van der Waals surface area contributed by atoms with Crippen LogP contribution in [0.4, 0.5) is 18.9 Å². The minimum atomic E-state index is -4.48. The van der Waals surface area contributed by atoms with Gasteiger partial charge >= 0.3 is 6.18 Å². The van der Waals surface area contributed by atoms with E-state index in [1.807, 2.05) is 0 Å². The van der Waals surface area contributed by atoms with Gasteiger partial charge in [0, 0.05) is 12.3 Å². The first kappa shape index (κ1) is 13.6. The van der Waals surface area contributed by atoms with Gasteiger partial charge in [0.05, 0.1) is 12.2 Å². The molecule has 2 N–H and O–H groups in total. The molecule has 17 heavy (non-hydrogen) atoms. The Balaban J connectivity index is 2.77. The molecule has 1 rings (SSSR count). The highest BCUT2D eigenvalue weighted by Crippen LogP contribution is 2.37. The number of halogens is 3. The van der Waals surface area contributed by atoms with Crippen LogP contribution in [0.1, 0.15) is 12.5 Å². The predicted molar refractivity (Wildman–Crippen MR) is 57.8 cm³/mol. The maximum Gasteiger partial charge on any atom is 0.420 e. The largest absolute Gasteiger partial charge is 0.491 e. The Bertz CT molecular complexity index is 366. The van der Waals surface area contributed by atoms with Crippen LogP contribution >= 0.6 is 0 Å². The molecule has 0 aliphatic rings. The molecule has 0 saturated heterocycles. The first-order valence-corrected chi connectivity index (χ1v) is 5.12. The maximum absolute atomic E-state index is 12.6. The van der Waals surface area contributed by atoms with Crippen LogP contribution in [0.5, 0.6) is 5.75 Å². The van der Waals surface area contributed by atoms with Crippen LogP contribution in [0, 0.1) is 0 Å². The predicted octanol–water partition coefficient (Wildman–Crippen LogP) is 2.70. The second-order valence-electron chi connectivity index (χ2n) is 3.30. The van der Waals surface area contributed by atoms with Crippen LogP contribution in [-0.2, 0) is 10.9 Å². The zero-order valence-corrected chi connectivity index (χ0v) is 9.38. The van der Waals surface area contributed by atoms with E-state index < -0.39 is 11.7 Å². The molecule has 0 bridgehead atoms. The van der Waals surface area contributed by atoms with E-state index in [0.29, 0.717) is 6.61 Å². The number of ether oxygens (including phenoxy) is 2. The lowest BCUT2D eigenvalue weighted by molar-refractivity contribution is -0.139. The van der Waals surface area contributed by atoms with Gasteiger partial charge in [-0.3, -0.25) is 0 Å². The van der Waals surface area contributed by atoms with Gasteiger partial charge in [0.25, 0.3) is 0 Å². The van der Waals surface area contributed by atoms with Gasteiger partial charge in [-0.2, -0.15) is 13.2 Å². The second kappa shape index (κ2) is 5.77. The Morgan fingerprint density at radius 1 is 1.24 bits per heavy atom. The molecule has 0 aliphatic carbocycles. The number of nitrogen functional groups attached to an aromatic ring is 1. The van der Waals surface area contributed by atoms with Crippen molar-refractivity contribution in [3.63, 3.8) is 0 Å². The minimum absolute atomic E-state index is 0.0504. The molecule has 0 saturated carbocycles. The Morgan fingerprint density at radius 3 is 2.53 bits per heavy atom. The van der Waals surface area contributed by atoms with E-state index in [9.17, 15) is 13.2 Å². The van der Waals surface area contributed by atoms with Gasteiger partial charge < -0.3 is 15.2 Å². The average Bonchev–Trinajstić information content (AvgIpc) is 2.25. The number of anilines is 1. The zero-order valence-electron chi connectivity index (χ0n) is 9.38. The van der Waals surface area contributed by atoms with Crippen LogP contribution in [0.3, 0.4) is 0 Å². The SMILES string of the molecule is CCOCCOc1ccc(N)cc1C(F)(F)F. The number of hydrogen-bond donors (Lipinski definition) is 1. The molecule has 1 aromatic carbocycles. The van der Waals surface area contributed by atoms with Crippen molar-refractivity contribution >= 4 is 5.69 Å². The highest BCUT2D eigenvalue weighted by atomic mass is 19.4. The molecule has 0 atom stereocenters. The molecule has 96 valence electrons. The fraction of sp³-hybridized carbons (Fsp3) is 0.455. The summed E-state index contributed by atoms with van der Waals surface area (Å²) in [5.74, 6) is -0.230. The first-order chi connectivity index (χ1) is 7.95. The summed E-state index contributed by atoms with van der Waals surface area (Å²) in [6.07, 6.45) is -4.48. The van der Waals surface area contributed by atoms with Crippen molar-refractivity contribution < 1.29 is 22.6 Å². The summed E-state index contributed by atoms with van der Waals surface area (Å²) in [6, 6.07) is 3.44. The van der Waals surface area contributed by atoms with E-state index in [1.54, 1.807) is 6.92 Å². The lowest BCUT2D eigenvalue weighted by Gasteiger charge is -2.14. The molecule has 0 radical (unpaired) electrons. The zero-order chi connectivity index (χ0) is 12.9. The van der Waals surface area contributed by atoms with Gasteiger partial charge in [-0.1, -0.05) is 0 Å². The van der Waals surface area contributed by atoms with Crippen LogP contribution in [0.25, 0.3) is 0 Å². The average molecular weight is 249 g/mol. The quantitative estimate of drug-likeness (QED) is 0.644. The summed E-state index contributed by atoms with van der Waals surface area (Å²) in [7, 11) is 0. The number of benzene rings is 1. The van der Waals surface area contributed by atoms with E-state index in [1.165, 1.54) is 12.1 Å². The monoisotopic (exact) mass is 249 g/mol. The third kappa shape index (κ3) is 4.14. The van der Waals surface area contributed by atoms with Gasteiger partial charge in [0.15, 0.2) is 0 Å². The number of alkyl halides is 3. The van der Waals surface area contributed by atoms with Crippen molar-refractivity contribution in [1.82, 2.24) is 0 Å². The normalized spacial score (nSPS) is 11.5. The molecule has 0 fully saturated rings. The van der Waals surface area contributed by atoms with E-state index in [2.05, 4.69) is 0 Å². The number of nitrogens with two attached hydrogens (primary N) is 1. The molecule has 0 amide bonds. The molecule has 0 unspecified atom stereocenters. The Labute approximate surface area is 97.3 Å². The number of rotatable bonds is 5. The fourth-order valence-electron chi connectivity index (χ4n) is 1.25. The van der Waals surface area contributed by atoms with Crippen molar-refractivity contribution in [2.75, 3.05) is 25.6 Å². The van der Waals surface area contributed by atoms with Crippen LogP contribution in [0.2, 0.25) is 0 Å². The summed E-state index contributed by atoms with van der Waals surface area (Å²) in [5, 5.41) is 0. The molecule has 6 heteroatoms. The first-order valence-electron chi connectivity index (χ1n) is 5.12. The molecule has 0 aromatic heterocycles. The highest BCUT2D eigenvalue weighted by molar-refractivity contribution is 5.49. The van der Waals surface area contributed by atoms with Gasteiger partial charge in [0.1, 0.15) is 12.4 Å². The van der Waals surface area contributed by atoms with Gasteiger partial charge in [0.2, 0.25) is 0 Å². The highest BCUT2D eigenvalue weighted by Gasteiger charge is 2.34. The van der Waals surface area contributed by atoms with Crippen molar-refractivity contribution in [3.8, 4) is 5.75 Å². The molecule has 3 nitrogen and oxygen atoms in total. The molecular weight excluding hydrogens is 235 g/mol. The lowest BCUT2D eigenvalue weighted by Crippen LogP contribution is -2.12. The van der Waals surface area contributed by atoms with E-state index in [4.69, 9.17) is 15.2 Å². The Morgan fingerprint density at radius 2 is 1.94 bits per heavy atom. The van der Waals surface area contributed by atoms with Crippen molar-refractivity contribution in [3.05, 3.63) is 23.8 Å². The van der Waals surface area contributed by atoms with Gasteiger partial charge in [-0.15, -0.1) is 0 Å². The summed E-state index contributed by atoms with van der Waals surface area (Å²) in [4.78, 5) is 0. The fourth-order valence-corrected chi connectivity index (χ4v) is 1.25. The minimum Gasteiger partial charge on any atom is -0.491 e. The molecular formula is C11H14F3NO2. The molecule has 0 spiro atoms. The van der Waals surface area contributed by atoms with Crippen LogP contribution in [0.15, 0.2) is 18.2 Å². The van der Waals surface area contributed by atoms with Crippen LogP contribution in [-0.4, -0.2) is 19.8 Å². The standard InChI is InChI=1S/C11H14F3NO2/c1-2-16-5-6-17-10-4-3-8(15)7-9(10)11(12,13)14/h3-4,7H,2,5-6,15H2,1H3. The van der Waals surface area contributed by atoms with Crippen molar-refractivity contribution in [2.24, 2.45) is 0 Å². The molecule has 0 heterocycles. The second-order valence-corrected chi connectivity index (χ2v) is 3.30. The topological polar surface area (TPSA) is 44.5 Å². The lowest BCUT2D eigenvalue weighted by atomic mass is 10.1. The summed E-state index contributed by atoms with van der Waals surface area (Å²) in [6.45, 7) is 2.61. The third-order valence-corrected chi connectivity index (χ3v) is 2.00. The van der Waals surface area contributed by atoms with Gasteiger partial charge in [-0.25, -0.2) is 0 Å². The number of hydrogen-bond acceptors (Lipinski definition) is 3. The smallest absolute Gasteiger partial charge is 0.420 e. The summed E-state index contributed by atoms with van der Waals surface area (Å²) in [5.41, 5.74) is 4.50. The Kier molecular flexibility index (Phi) is 4.62. The summed E-state index contributed by atoms with van der Waals surface area (Å²) < 4.78 is 47.9.